The highest BCUT2D eigenvalue weighted by atomic mass is 16.5. The van der Waals surface area contributed by atoms with Crippen LogP contribution in [0.2, 0.25) is 0 Å². The van der Waals surface area contributed by atoms with Gasteiger partial charge in [0.2, 0.25) is 0 Å². The molecule has 8 heteroatoms. The van der Waals surface area contributed by atoms with Crippen LogP contribution in [-0.2, 0) is 9.53 Å². The second-order valence-electron chi connectivity index (χ2n) is 5.59. The Bertz CT molecular complexity index is 691. The number of rotatable bonds is 11. The number of benzene rings is 1. The first-order valence-electron chi connectivity index (χ1n) is 8.72. The van der Waals surface area contributed by atoms with Gasteiger partial charge >= 0.3 is 5.97 Å². The molecular weight excluding hydrogens is 350 g/mol. The predicted octanol–water partition coefficient (Wildman–Crippen LogP) is 1.28. The molecule has 0 saturated carbocycles. The molecule has 0 aliphatic heterocycles. The van der Waals surface area contributed by atoms with Crippen molar-refractivity contribution in [3.05, 3.63) is 41.6 Å². The van der Waals surface area contributed by atoms with Crippen LogP contribution in [-0.4, -0.2) is 59.9 Å². The zero-order chi connectivity index (χ0) is 20.1. The Balaban J connectivity index is 2.94. The van der Waals surface area contributed by atoms with Gasteiger partial charge < -0.3 is 25.2 Å². The zero-order valence-corrected chi connectivity index (χ0v) is 15.4. The first-order chi connectivity index (χ1) is 13.1. The summed E-state index contributed by atoms with van der Waals surface area (Å²) >= 11 is 0. The van der Waals surface area contributed by atoms with Gasteiger partial charge in [0.15, 0.2) is 0 Å². The zero-order valence-electron chi connectivity index (χ0n) is 15.4. The fraction of sp³-hybridized carbons (Fsp3) is 0.421. The quantitative estimate of drug-likeness (QED) is 0.230. The molecular formula is C19H25N3O5. The second-order valence-corrected chi connectivity index (χ2v) is 5.59. The van der Waals surface area contributed by atoms with Crippen molar-refractivity contribution in [2.75, 3.05) is 38.2 Å². The van der Waals surface area contributed by atoms with Gasteiger partial charge in [-0.15, -0.1) is 0 Å². The molecule has 146 valence electrons. The summed E-state index contributed by atoms with van der Waals surface area (Å²) in [4.78, 5) is 25.7. The van der Waals surface area contributed by atoms with E-state index in [1.54, 1.807) is 30.3 Å². The maximum Gasteiger partial charge on any atom is 0.340 e. The van der Waals surface area contributed by atoms with Crippen LogP contribution in [0.4, 0.5) is 5.69 Å². The van der Waals surface area contributed by atoms with Gasteiger partial charge in [-0.2, -0.15) is 5.26 Å². The molecule has 3 N–H and O–H groups in total. The normalized spacial score (nSPS) is 10.8. The van der Waals surface area contributed by atoms with E-state index in [0.29, 0.717) is 12.3 Å². The van der Waals surface area contributed by atoms with Crippen molar-refractivity contribution in [3.8, 4) is 6.07 Å². The maximum atomic E-state index is 12.4. The number of nitriles is 1. The Hall–Kier alpha value is -2.89. The molecule has 0 aliphatic carbocycles. The molecule has 1 amide bonds. The third-order valence-electron chi connectivity index (χ3n) is 3.63. The van der Waals surface area contributed by atoms with E-state index < -0.39 is 11.9 Å². The molecule has 0 radical (unpaired) electrons. The van der Waals surface area contributed by atoms with Crippen LogP contribution in [0.1, 0.15) is 30.1 Å². The van der Waals surface area contributed by atoms with Crippen LogP contribution < -0.4 is 5.32 Å². The third-order valence-corrected chi connectivity index (χ3v) is 3.63. The molecule has 0 aliphatic rings. The molecule has 1 aromatic carbocycles. The molecule has 0 bridgehead atoms. The number of ether oxygens (including phenoxy) is 1. The Labute approximate surface area is 158 Å². The summed E-state index contributed by atoms with van der Waals surface area (Å²) in [5.74, 6) is -1.12. The minimum absolute atomic E-state index is 0.00124. The first kappa shape index (κ1) is 22.2. The molecule has 1 aromatic rings. The van der Waals surface area contributed by atoms with Crippen molar-refractivity contribution < 1.29 is 24.5 Å². The summed E-state index contributed by atoms with van der Waals surface area (Å²) < 4.78 is 5.20. The van der Waals surface area contributed by atoms with Gasteiger partial charge in [-0.1, -0.05) is 25.5 Å². The summed E-state index contributed by atoms with van der Waals surface area (Å²) in [6.45, 7) is 1.73. The van der Waals surface area contributed by atoms with Gasteiger partial charge in [0.05, 0.1) is 31.1 Å². The number of carbonyl (C=O) groups is 2. The van der Waals surface area contributed by atoms with Crippen molar-refractivity contribution in [1.29, 1.82) is 5.26 Å². The lowest BCUT2D eigenvalue weighted by Gasteiger charge is -2.20. The molecule has 27 heavy (non-hydrogen) atoms. The minimum atomic E-state index is -0.629. The van der Waals surface area contributed by atoms with Crippen molar-refractivity contribution in [2.24, 2.45) is 0 Å². The minimum Gasteiger partial charge on any atom is -0.462 e. The monoisotopic (exact) mass is 375 g/mol. The van der Waals surface area contributed by atoms with Crippen LogP contribution >= 0.6 is 0 Å². The number of esters is 1. The van der Waals surface area contributed by atoms with E-state index in [9.17, 15) is 14.9 Å². The summed E-state index contributed by atoms with van der Waals surface area (Å²) in [7, 11) is 0. The van der Waals surface area contributed by atoms with E-state index in [2.05, 4.69) is 5.32 Å². The van der Waals surface area contributed by atoms with Crippen LogP contribution in [0.15, 0.2) is 36.0 Å². The van der Waals surface area contributed by atoms with E-state index in [0.717, 1.165) is 12.8 Å². The number of aliphatic hydroxyl groups excluding tert-OH is 2. The number of hydrogen-bond donors (Lipinski definition) is 3. The summed E-state index contributed by atoms with van der Waals surface area (Å²) in [5, 5.41) is 30.1. The van der Waals surface area contributed by atoms with Crippen molar-refractivity contribution in [2.45, 2.75) is 19.8 Å². The Morgan fingerprint density at radius 3 is 2.52 bits per heavy atom. The number of para-hydroxylation sites is 1. The van der Waals surface area contributed by atoms with E-state index in [-0.39, 0.29) is 37.4 Å². The van der Waals surface area contributed by atoms with Crippen LogP contribution in [0, 0.1) is 11.3 Å². The number of nitrogens with zero attached hydrogens (tertiary/aromatic N) is 2. The predicted molar refractivity (Wildman–Crippen MR) is 99.7 cm³/mol. The summed E-state index contributed by atoms with van der Waals surface area (Å²) in [6.07, 6.45) is 2.86. The molecule has 0 fully saturated rings. The average molecular weight is 375 g/mol. The van der Waals surface area contributed by atoms with Gasteiger partial charge in [0.25, 0.3) is 5.91 Å². The van der Waals surface area contributed by atoms with Crippen molar-refractivity contribution >= 4 is 17.6 Å². The number of hydrogen-bond acceptors (Lipinski definition) is 7. The number of carbonyl (C=O) groups excluding carboxylic acids is 2. The highest BCUT2D eigenvalue weighted by Gasteiger charge is 2.18. The van der Waals surface area contributed by atoms with Crippen molar-refractivity contribution in [3.63, 3.8) is 0 Å². The van der Waals surface area contributed by atoms with Gasteiger partial charge in [0.1, 0.15) is 11.6 Å². The van der Waals surface area contributed by atoms with E-state index >= 15 is 0 Å². The standard InChI is InChI=1S/C19H25N3O5/c1-2-3-12-27-19(26)16-6-4-5-7-17(16)21-14-15(13-20)18(25)22(8-10-23)9-11-24/h4-7,14,21,23-24H,2-3,8-12H2,1H3/b15-14-. The molecule has 0 aromatic heterocycles. The van der Waals surface area contributed by atoms with E-state index in [4.69, 9.17) is 14.9 Å². The lowest BCUT2D eigenvalue weighted by Crippen LogP contribution is -2.36. The number of amides is 1. The molecule has 0 heterocycles. The average Bonchev–Trinajstić information content (AvgIpc) is 2.68. The second kappa shape index (κ2) is 12.5. The lowest BCUT2D eigenvalue weighted by atomic mass is 10.1. The molecule has 8 nitrogen and oxygen atoms in total. The SMILES string of the molecule is CCCCOC(=O)c1ccccc1N/C=C(/C#N)C(=O)N(CCO)CCO. The van der Waals surface area contributed by atoms with Gasteiger partial charge in [0, 0.05) is 19.3 Å². The summed E-state index contributed by atoms with van der Waals surface area (Å²) in [6, 6.07) is 8.40. The molecule has 0 unspecified atom stereocenters. The fourth-order valence-electron chi connectivity index (χ4n) is 2.19. The van der Waals surface area contributed by atoms with Crippen molar-refractivity contribution in [1.82, 2.24) is 4.90 Å². The number of nitrogens with one attached hydrogen (secondary N) is 1. The Morgan fingerprint density at radius 1 is 1.26 bits per heavy atom. The highest BCUT2D eigenvalue weighted by molar-refractivity contribution is 5.99. The molecule has 1 rings (SSSR count). The number of aliphatic hydroxyl groups is 2. The van der Waals surface area contributed by atoms with Crippen LogP contribution in [0.5, 0.6) is 0 Å². The van der Waals surface area contributed by atoms with E-state index in [1.807, 2.05) is 6.92 Å². The topological polar surface area (TPSA) is 123 Å². The van der Waals surface area contributed by atoms with Gasteiger partial charge in [-0.3, -0.25) is 4.79 Å². The molecule has 0 spiro atoms. The Morgan fingerprint density at radius 2 is 1.93 bits per heavy atom. The Kier molecular flexibility index (Phi) is 10.2. The van der Waals surface area contributed by atoms with Gasteiger partial charge in [-0.25, -0.2) is 4.79 Å². The number of anilines is 1. The molecule has 0 saturated heterocycles. The smallest absolute Gasteiger partial charge is 0.340 e. The van der Waals surface area contributed by atoms with E-state index in [1.165, 1.54) is 11.1 Å². The first-order valence-corrected chi connectivity index (χ1v) is 8.72. The maximum absolute atomic E-state index is 12.4. The van der Waals surface area contributed by atoms with Crippen LogP contribution in [0.3, 0.4) is 0 Å². The van der Waals surface area contributed by atoms with Crippen LogP contribution in [0.25, 0.3) is 0 Å². The fourth-order valence-corrected chi connectivity index (χ4v) is 2.19. The number of unbranched alkanes of at least 4 members (excludes halogenated alkanes) is 1. The molecule has 0 atom stereocenters. The largest absolute Gasteiger partial charge is 0.462 e. The summed E-state index contributed by atoms with van der Waals surface area (Å²) in [5.41, 5.74) is 0.471. The van der Waals surface area contributed by atoms with Gasteiger partial charge in [-0.05, 0) is 18.6 Å². The third kappa shape index (κ3) is 7.09. The highest BCUT2D eigenvalue weighted by Crippen LogP contribution is 2.17. The lowest BCUT2D eigenvalue weighted by molar-refractivity contribution is -0.127.